The van der Waals surface area contributed by atoms with Crippen molar-refractivity contribution in [3.63, 3.8) is 0 Å². The first kappa shape index (κ1) is 20.4. The van der Waals surface area contributed by atoms with Crippen LogP contribution in [-0.4, -0.2) is 62.0 Å². The van der Waals surface area contributed by atoms with Crippen LogP contribution in [0.1, 0.15) is 26.3 Å². The summed E-state index contributed by atoms with van der Waals surface area (Å²) in [6.07, 6.45) is 0. The molecule has 1 aliphatic heterocycles. The summed E-state index contributed by atoms with van der Waals surface area (Å²) in [5.74, 6) is 1.06. The number of carbonyl (C=O) groups is 2. The Balaban J connectivity index is 1.67. The van der Waals surface area contributed by atoms with E-state index in [2.05, 4.69) is 22.6 Å². The van der Waals surface area contributed by atoms with Gasteiger partial charge in [0.25, 0.3) is 11.8 Å². The third-order valence-corrected chi connectivity index (χ3v) is 6.34. The molecule has 0 aromatic heterocycles. The maximum absolute atomic E-state index is 12.9. The van der Waals surface area contributed by atoms with Crippen molar-refractivity contribution < 1.29 is 19.1 Å². The molecule has 0 saturated carbocycles. The number of methoxy groups -OCH3 is 2. The molecule has 0 bridgehead atoms. The zero-order valence-electron chi connectivity index (χ0n) is 16.2. The van der Waals surface area contributed by atoms with Gasteiger partial charge in [-0.15, -0.1) is 0 Å². The second kappa shape index (κ2) is 8.81. The molecule has 148 valence electrons. The molecule has 2 amide bonds. The lowest BCUT2D eigenvalue weighted by atomic mass is 10.1. The minimum Gasteiger partial charge on any atom is -0.493 e. The summed E-state index contributed by atoms with van der Waals surface area (Å²) < 4.78 is 11.5. The smallest absolute Gasteiger partial charge is 0.255 e. The van der Waals surface area contributed by atoms with Crippen molar-refractivity contribution >= 4 is 34.4 Å². The SMILES string of the molecule is COc1ccc(C(=O)N2CCN(C(=O)c3cccc(C)c3I)CC2)cc1OC. The number of benzene rings is 2. The molecule has 2 aromatic rings. The van der Waals surface area contributed by atoms with Crippen LogP contribution in [0.3, 0.4) is 0 Å². The van der Waals surface area contributed by atoms with Gasteiger partial charge in [0.1, 0.15) is 0 Å². The van der Waals surface area contributed by atoms with Crippen LogP contribution in [-0.2, 0) is 0 Å². The molecule has 0 aliphatic carbocycles. The van der Waals surface area contributed by atoms with E-state index in [9.17, 15) is 9.59 Å². The molecular weight excluding hydrogens is 471 g/mol. The summed E-state index contributed by atoms with van der Waals surface area (Å²) in [5, 5.41) is 0. The van der Waals surface area contributed by atoms with Crippen molar-refractivity contribution in [3.05, 3.63) is 56.7 Å². The first-order chi connectivity index (χ1) is 13.5. The Hall–Kier alpha value is -2.29. The number of carbonyl (C=O) groups excluding carboxylic acids is 2. The number of hydrogen-bond acceptors (Lipinski definition) is 4. The molecular formula is C21H23IN2O4. The lowest BCUT2D eigenvalue weighted by Crippen LogP contribution is -2.50. The summed E-state index contributed by atoms with van der Waals surface area (Å²) in [5.41, 5.74) is 2.36. The summed E-state index contributed by atoms with van der Waals surface area (Å²) in [6.45, 7) is 4.03. The zero-order valence-corrected chi connectivity index (χ0v) is 18.4. The van der Waals surface area contributed by atoms with Crippen LogP contribution in [0, 0.1) is 10.5 Å². The van der Waals surface area contributed by atoms with Gasteiger partial charge >= 0.3 is 0 Å². The molecule has 0 spiro atoms. The van der Waals surface area contributed by atoms with E-state index >= 15 is 0 Å². The standard InChI is InChI=1S/C21H23IN2O4/c1-14-5-4-6-16(19(14)22)21(26)24-11-9-23(10-12-24)20(25)15-7-8-17(27-2)18(13-15)28-3/h4-8,13H,9-12H2,1-3H3. The number of nitrogens with zero attached hydrogens (tertiary/aromatic N) is 2. The lowest BCUT2D eigenvalue weighted by Gasteiger charge is -2.35. The average Bonchev–Trinajstić information content (AvgIpc) is 2.74. The van der Waals surface area contributed by atoms with E-state index < -0.39 is 0 Å². The molecule has 1 aliphatic rings. The van der Waals surface area contributed by atoms with Gasteiger partial charge in [0, 0.05) is 35.3 Å². The average molecular weight is 494 g/mol. The maximum atomic E-state index is 12.9. The number of aryl methyl sites for hydroxylation is 1. The predicted molar refractivity (Wildman–Crippen MR) is 115 cm³/mol. The molecule has 6 nitrogen and oxygen atoms in total. The molecule has 0 unspecified atom stereocenters. The van der Waals surface area contributed by atoms with Gasteiger partial charge in [0.2, 0.25) is 0 Å². The number of ether oxygens (including phenoxy) is 2. The van der Waals surface area contributed by atoms with Crippen LogP contribution in [0.2, 0.25) is 0 Å². The number of amides is 2. The molecule has 1 heterocycles. The number of piperazine rings is 1. The molecule has 2 aromatic carbocycles. The fourth-order valence-electron chi connectivity index (χ4n) is 3.25. The van der Waals surface area contributed by atoms with E-state index in [0.29, 0.717) is 43.2 Å². The Labute approximate surface area is 178 Å². The molecule has 28 heavy (non-hydrogen) atoms. The Morgan fingerprint density at radius 1 is 0.893 bits per heavy atom. The third kappa shape index (κ3) is 4.09. The third-order valence-electron chi connectivity index (χ3n) is 4.91. The van der Waals surface area contributed by atoms with Crippen LogP contribution >= 0.6 is 22.6 Å². The molecule has 7 heteroatoms. The zero-order chi connectivity index (χ0) is 20.3. The van der Waals surface area contributed by atoms with Gasteiger partial charge in [-0.05, 0) is 59.3 Å². The van der Waals surface area contributed by atoms with E-state index in [1.807, 2.05) is 30.0 Å². The quantitative estimate of drug-likeness (QED) is 0.613. The van der Waals surface area contributed by atoms with Gasteiger partial charge in [-0.2, -0.15) is 0 Å². The van der Waals surface area contributed by atoms with Crippen molar-refractivity contribution in [1.82, 2.24) is 9.80 Å². The van der Waals surface area contributed by atoms with E-state index in [0.717, 1.165) is 14.7 Å². The highest BCUT2D eigenvalue weighted by Crippen LogP contribution is 2.28. The molecule has 3 rings (SSSR count). The van der Waals surface area contributed by atoms with Crippen molar-refractivity contribution in [2.45, 2.75) is 6.92 Å². The molecule has 1 saturated heterocycles. The van der Waals surface area contributed by atoms with Gasteiger partial charge in [-0.25, -0.2) is 0 Å². The summed E-state index contributed by atoms with van der Waals surface area (Å²) >= 11 is 2.22. The highest BCUT2D eigenvalue weighted by atomic mass is 127. The van der Waals surface area contributed by atoms with Crippen LogP contribution in [0.25, 0.3) is 0 Å². The van der Waals surface area contributed by atoms with Crippen molar-refractivity contribution in [2.24, 2.45) is 0 Å². The van der Waals surface area contributed by atoms with Crippen LogP contribution < -0.4 is 9.47 Å². The minimum atomic E-state index is -0.0711. The predicted octanol–water partition coefficient (Wildman–Crippen LogP) is 3.22. The van der Waals surface area contributed by atoms with Crippen LogP contribution in [0.15, 0.2) is 36.4 Å². The van der Waals surface area contributed by atoms with E-state index in [4.69, 9.17) is 9.47 Å². The normalized spacial score (nSPS) is 14.0. The second-order valence-corrected chi connectivity index (χ2v) is 7.67. The molecule has 0 atom stereocenters. The number of rotatable bonds is 4. The Morgan fingerprint density at radius 2 is 1.50 bits per heavy atom. The monoisotopic (exact) mass is 494 g/mol. The second-order valence-electron chi connectivity index (χ2n) is 6.59. The topological polar surface area (TPSA) is 59.1 Å². The lowest BCUT2D eigenvalue weighted by molar-refractivity contribution is 0.0534. The van der Waals surface area contributed by atoms with Gasteiger partial charge in [-0.1, -0.05) is 12.1 Å². The highest BCUT2D eigenvalue weighted by molar-refractivity contribution is 14.1. The fraction of sp³-hybridized carbons (Fsp3) is 0.333. The maximum Gasteiger partial charge on any atom is 0.255 e. The van der Waals surface area contributed by atoms with E-state index in [1.54, 1.807) is 37.3 Å². The van der Waals surface area contributed by atoms with Crippen molar-refractivity contribution in [3.8, 4) is 11.5 Å². The molecule has 0 N–H and O–H groups in total. The van der Waals surface area contributed by atoms with Gasteiger partial charge in [0.15, 0.2) is 11.5 Å². The number of halogens is 1. The van der Waals surface area contributed by atoms with E-state index in [-0.39, 0.29) is 11.8 Å². The van der Waals surface area contributed by atoms with Crippen molar-refractivity contribution in [1.29, 1.82) is 0 Å². The van der Waals surface area contributed by atoms with Gasteiger partial charge in [-0.3, -0.25) is 9.59 Å². The highest BCUT2D eigenvalue weighted by Gasteiger charge is 2.27. The molecule has 0 radical (unpaired) electrons. The Kier molecular flexibility index (Phi) is 6.43. The Bertz CT molecular complexity index is 892. The summed E-state index contributed by atoms with van der Waals surface area (Å²) in [4.78, 5) is 29.3. The van der Waals surface area contributed by atoms with E-state index in [1.165, 1.54) is 0 Å². The van der Waals surface area contributed by atoms with Crippen molar-refractivity contribution in [2.75, 3.05) is 40.4 Å². The summed E-state index contributed by atoms with van der Waals surface area (Å²) in [6, 6.07) is 10.9. The molecule has 1 fully saturated rings. The Morgan fingerprint density at radius 3 is 2.11 bits per heavy atom. The minimum absolute atomic E-state index is 0.0197. The summed E-state index contributed by atoms with van der Waals surface area (Å²) in [7, 11) is 3.11. The first-order valence-electron chi connectivity index (χ1n) is 9.02. The first-order valence-corrected chi connectivity index (χ1v) is 10.1. The van der Waals surface area contributed by atoms with Gasteiger partial charge < -0.3 is 19.3 Å². The van der Waals surface area contributed by atoms with Crippen LogP contribution in [0.5, 0.6) is 11.5 Å². The fourth-order valence-corrected chi connectivity index (χ4v) is 3.84. The largest absolute Gasteiger partial charge is 0.493 e. The van der Waals surface area contributed by atoms with Gasteiger partial charge in [0.05, 0.1) is 19.8 Å². The number of hydrogen-bond donors (Lipinski definition) is 0. The van der Waals surface area contributed by atoms with Crippen LogP contribution in [0.4, 0.5) is 0 Å².